The molecule has 0 aliphatic carbocycles. The summed E-state index contributed by atoms with van der Waals surface area (Å²) in [6.45, 7) is 6.71. The molecule has 0 spiro atoms. The van der Waals surface area contributed by atoms with Gasteiger partial charge in [0.05, 0.1) is 23.6 Å². The lowest BCUT2D eigenvalue weighted by Crippen LogP contribution is -2.30. The number of nitrogens with one attached hydrogen (secondary N) is 2. The van der Waals surface area contributed by atoms with Crippen molar-refractivity contribution in [1.82, 2.24) is 20.1 Å². The fraction of sp³-hybridized carbons (Fsp3) is 0.350. The minimum atomic E-state index is -0.619. The van der Waals surface area contributed by atoms with Crippen molar-refractivity contribution in [2.24, 2.45) is 0 Å². The van der Waals surface area contributed by atoms with Crippen molar-refractivity contribution in [3.8, 4) is 5.75 Å². The molecule has 1 amide bonds. The van der Waals surface area contributed by atoms with Crippen LogP contribution in [0.3, 0.4) is 0 Å². The molecule has 3 rings (SSSR count). The van der Waals surface area contributed by atoms with E-state index in [9.17, 15) is 9.59 Å². The number of pyridine rings is 1. The topological polar surface area (TPSA) is 89.0 Å². The number of fused-ring (bicyclic) bond motifs is 1. The molecule has 2 heterocycles. The zero-order valence-electron chi connectivity index (χ0n) is 16.1. The molecule has 7 nitrogen and oxygen atoms in total. The van der Waals surface area contributed by atoms with Crippen molar-refractivity contribution in [2.75, 3.05) is 0 Å². The maximum Gasteiger partial charge on any atom is 0.412 e. The van der Waals surface area contributed by atoms with Crippen LogP contribution in [0.5, 0.6) is 5.75 Å². The van der Waals surface area contributed by atoms with E-state index in [1.807, 2.05) is 30.7 Å². The number of carbonyl (C=O) groups excluding carboxylic acids is 1. The summed E-state index contributed by atoms with van der Waals surface area (Å²) in [5, 5.41) is 7.74. The number of aromatic amines is 1. The Hall–Kier alpha value is -2.61. The summed E-state index contributed by atoms with van der Waals surface area (Å²) in [5.74, 6) is 0.410. The van der Waals surface area contributed by atoms with Gasteiger partial charge in [-0.1, -0.05) is 29.3 Å². The van der Waals surface area contributed by atoms with Gasteiger partial charge in [0.1, 0.15) is 5.75 Å². The van der Waals surface area contributed by atoms with E-state index in [-0.39, 0.29) is 12.1 Å². The van der Waals surface area contributed by atoms with E-state index in [0.717, 1.165) is 39.5 Å². The standard InChI is InChI=1S/C20H23BrN4O3/c1-4-6-13-7-12(3)24-19(26)15(13)10-22-20(27)28-18-9-14(21)8-17-16(18)11-23-25(17)5-2/h7-9,11H,4-6,10H2,1-3H3,(H,22,27)(H,24,26). The molecule has 0 aliphatic heterocycles. The molecule has 0 bridgehead atoms. The number of ether oxygens (including phenoxy) is 1. The highest BCUT2D eigenvalue weighted by molar-refractivity contribution is 9.10. The first-order valence-corrected chi connectivity index (χ1v) is 10.0. The van der Waals surface area contributed by atoms with Crippen molar-refractivity contribution < 1.29 is 9.53 Å². The zero-order valence-corrected chi connectivity index (χ0v) is 17.7. The van der Waals surface area contributed by atoms with Crippen molar-refractivity contribution in [3.05, 3.63) is 56.0 Å². The monoisotopic (exact) mass is 446 g/mol. The van der Waals surface area contributed by atoms with Crippen LogP contribution >= 0.6 is 15.9 Å². The number of carbonyl (C=O) groups is 1. The van der Waals surface area contributed by atoms with E-state index >= 15 is 0 Å². The van der Waals surface area contributed by atoms with Gasteiger partial charge in [-0.3, -0.25) is 9.48 Å². The van der Waals surface area contributed by atoms with Gasteiger partial charge in [0.2, 0.25) is 0 Å². The fourth-order valence-electron chi connectivity index (χ4n) is 3.22. The van der Waals surface area contributed by atoms with Crippen LogP contribution in [0, 0.1) is 6.92 Å². The number of hydrogen-bond acceptors (Lipinski definition) is 4. The Bertz CT molecular complexity index is 1070. The van der Waals surface area contributed by atoms with Crippen LogP contribution in [0.1, 0.15) is 37.1 Å². The molecule has 28 heavy (non-hydrogen) atoms. The van der Waals surface area contributed by atoms with Gasteiger partial charge in [-0.15, -0.1) is 0 Å². The summed E-state index contributed by atoms with van der Waals surface area (Å²) in [7, 11) is 0. The van der Waals surface area contributed by atoms with Gasteiger partial charge in [-0.05, 0) is 44.0 Å². The number of hydrogen-bond donors (Lipinski definition) is 2. The number of amides is 1. The first-order chi connectivity index (χ1) is 13.4. The summed E-state index contributed by atoms with van der Waals surface area (Å²) < 4.78 is 8.12. The van der Waals surface area contributed by atoms with Crippen LogP contribution in [0.4, 0.5) is 4.79 Å². The van der Waals surface area contributed by atoms with Crippen LogP contribution in [0.15, 0.2) is 33.7 Å². The molecule has 0 fully saturated rings. The smallest absolute Gasteiger partial charge is 0.410 e. The predicted molar refractivity (Wildman–Crippen MR) is 112 cm³/mol. The molecule has 0 saturated carbocycles. The summed E-state index contributed by atoms with van der Waals surface area (Å²) in [6, 6.07) is 5.61. The Kier molecular flexibility index (Phi) is 6.18. The zero-order chi connectivity index (χ0) is 20.3. The molecule has 0 radical (unpaired) electrons. The Balaban J connectivity index is 1.78. The van der Waals surface area contributed by atoms with Gasteiger partial charge in [0.15, 0.2) is 0 Å². The minimum Gasteiger partial charge on any atom is -0.410 e. The first-order valence-electron chi connectivity index (χ1n) is 9.25. The lowest BCUT2D eigenvalue weighted by atomic mass is 10.0. The van der Waals surface area contributed by atoms with Gasteiger partial charge in [0, 0.05) is 22.3 Å². The molecule has 2 aromatic heterocycles. The number of benzene rings is 1. The molecule has 3 aromatic rings. The number of nitrogens with zero attached hydrogens (tertiary/aromatic N) is 2. The molecule has 0 aliphatic rings. The lowest BCUT2D eigenvalue weighted by molar-refractivity contribution is 0.200. The number of aromatic nitrogens is 3. The molecule has 0 saturated heterocycles. The Morgan fingerprint density at radius 2 is 2.11 bits per heavy atom. The van der Waals surface area contributed by atoms with E-state index in [1.54, 1.807) is 12.3 Å². The van der Waals surface area contributed by atoms with Gasteiger partial charge in [-0.2, -0.15) is 5.10 Å². The van der Waals surface area contributed by atoms with Gasteiger partial charge >= 0.3 is 6.09 Å². The summed E-state index contributed by atoms with van der Waals surface area (Å²) in [5.41, 5.74) is 3.00. The lowest BCUT2D eigenvalue weighted by Gasteiger charge is -2.11. The third kappa shape index (κ3) is 4.27. The molecule has 1 aromatic carbocycles. The third-order valence-corrected chi connectivity index (χ3v) is 4.94. The number of halogens is 1. The molecule has 0 unspecified atom stereocenters. The second-order valence-corrected chi connectivity index (χ2v) is 7.49. The van der Waals surface area contributed by atoms with Crippen LogP contribution in [-0.4, -0.2) is 20.9 Å². The van der Waals surface area contributed by atoms with Crippen molar-refractivity contribution in [3.63, 3.8) is 0 Å². The SMILES string of the molecule is CCCc1cc(C)[nH]c(=O)c1CNC(=O)Oc1cc(Br)cc2c1cnn2CC. The van der Waals surface area contributed by atoms with E-state index in [0.29, 0.717) is 17.9 Å². The van der Waals surface area contributed by atoms with Crippen LogP contribution in [-0.2, 0) is 19.5 Å². The minimum absolute atomic E-state index is 0.106. The average Bonchev–Trinajstić information content (AvgIpc) is 3.04. The van der Waals surface area contributed by atoms with E-state index in [1.165, 1.54) is 0 Å². The number of rotatable bonds is 6. The first kappa shape index (κ1) is 20.1. The van der Waals surface area contributed by atoms with Gasteiger partial charge in [-0.25, -0.2) is 4.79 Å². The Morgan fingerprint density at radius 1 is 1.32 bits per heavy atom. The maximum absolute atomic E-state index is 12.4. The van der Waals surface area contributed by atoms with Crippen LogP contribution in [0.25, 0.3) is 10.9 Å². The largest absolute Gasteiger partial charge is 0.412 e. The highest BCUT2D eigenvalue weighted by Crippen LogP contribution is 2.30. The molecule has 148 valence electrons. The number of H-pyrrole nitrogens is 1. The quantitative estimate of drug-likeness (QED) is 0.597. The van der Waals surface area contributed by atoms with Crippen LogP contribution in [0.2, 0.25) is 0 Å². The molecule has 8 heteroatoms. The summed E-state index contributed by atoms with van der Waals surface area (Å²) >= 11 is 3.44. The highest BCUT2D eigenvalue weighted by Gasteiger charge is 2.14. The Labute approximate surface area is 171 Å². The Morgan fingerprint density at radius 3 is 2.82 bits per heavy atom. The van der Waals surface area contributed by atoms with Crippen molar-refractivity contribution >= 4 is 32.9 Å². The fourth-order valence-corrected chi connectivity index (χ4v) is 3.64. The second kappa shape index (κ2) is 8.60. The second-order valence-electron chi connectivity index (χ2n) is 6.58. The van der Waals surface area contributed by atoms with Gasteiger partial charge < -0.3 is 15.0 Å². The van der Waals surface area contributed by atoms with E-state index in [4.69, 9.17) is 4.74 Å². The molecular weight excluding hydrogens is 424 g/mol. The molecular formula is C20H23BrN4O3. The maximum atomic E-state index is 12.4. The normalized spacial score (nSPS) is 11.0. The van der Waals surface area contributed by atoms with Crippen molar-refractivity contribution in [2.45, 2.75) is 46.7 Å². The van der Waals surface area contributed by atoms with Crippen LogP contribution < -0.4 is 15.6 Å². The average molecular weight is 447 g/mol. The summed E-state index contributed by atoms with van der Waals surface area (Å²) in [6.07, 6.45) is 2.75. The molecule has 0 atom stereocenters. The third-order valence-electron chi connectivity index (χ3n) is 4.48. The summed E-state index contributed by atoms with van der Waals surface area (Å²) in [4.78, 5) is 27.5. The number of aryl methyl sites for hydroxylation is 3. The van der Waals surface area contributed by atoms with E-state index in [2.05, 4.69) is 38.3 Å². The predicted octanol–water partition coefficient (Wildman–Crippen LogP) is 4.06. The molecule has 2 N–H and O–H groups in total. The van der Waals surface area contributed by atoms with Gasteiger partial charge in [0.25, 0.3) is 5.56 Å². The van der Waals surface area contributed by atoms with E-state index < -0.39 is 6.09 Å². The van der Waals surface area contributed by atoms with Crippen molar-refractivity contribution in [1.29, 1.82) is 0 Å². The highest BCUT2D eigenvalue weighted by atomic mass is 79.9.